The summed E-state index contributed by atoms with van der Waals surface area (Å²) in [6.07, 6.45) is 35.0. The molecule has 4 saturated carbocycles. The SMILES string of the molecule is CCO[Si](C)(C)CCC1CCCC1.CCO[Si](C)(C)CCC1CCCC1.CCO[Si](C)(C)CCC1CCCC1.CCO[Si](C)(C)O[Si](C)(C)O[Si](C)(C)CCC1CCCC1.CCl.CCl.CCl.CCl.C[Si]1(C)O[Si](C)(C)O1.[Zr].[Zr]. The Kier molecular flexibility index (Phi) is 62.5. The van der Waals surface area contributed by atoms with Crippen molar-refractivity contribution >= 4 is 114 Å². The summed E-state index contributed by atoms with van der Waals surface area (Å²) in [6.45, 7) is 47.6. The Labute approximate surface area is 555 Å². The van der Waals surface area contributed by atoms with Gasteiger partial charge in [-0.05, 0) is 180 Å². The van der Waals surface area contributed by atoms with E-state index in [4.69, 9.17) is 34.2 Å². The first-order valence-electron chi connectivity index (χ1n) is 30.3. The van der Waals surface area contributed by atoms with Crippen molar-refractivity contribution in [3.05, 3.63) is 0 Å². The summed E-state index contributed by atoms with van der Waals surface area (Å²) in [5.74, 6) is 4.06. The third kappa shape index (κ3) is 54.5. The fraction of sp³-hybridized carbons (Fsp3) is 1.00. The summed E-state index contributed by atoms with van der Waals surface area (Å²) in [5, 5.41) is 0. The molecule has 5 rings (SSSR count). The van der Waals surface area contributed by atoms with E-state index in [1.165, 1.54) is 178 Å². The molecule has 78 heavy (non-hydrogen) atoms. The smallest absolute Gasteiger partial charge is 0.322 e. The molecule has 0 bridgehead atoms. The molecular weight excluding hydrogens is 1350 g/mol. The van der Waals surface area contributed by atoms with E-state index in [9.17, 15) is 0 Å². The van der Waals surface area contributed by atoms with E-state index in [0.717, 1.165) is 50.1 Å². The van der Waals surface area contributed by atoms with Gasteiger partial charge in [0.05, 0.1) is 0 Å². The van der Waals surface area contributed by atoms with Crippen LogP contribution in [0.2, 0.25) is 129 Å². The monoisotopic (exact) mass is 1480 g/mol. The van der Waals surface area contributed by atoms with E-state index in [-0.39, 0.29) is 52.4 Å². The van der Waals surface area contributed by atoms with Crippen molar-refractivity contribution in [3.63, 3.8) is 0 Å². The van der Waals surface area contributed by atoms with E-state index < -0.39 is 67.5 Å². The molecule has 1 heterocycles. The van der Waals surface area contributed by atoms with Gasteiger partial charge in [0.25, 0.3) is 0 Å². The first kappa shape index (κ1) is 93.5. The summed E-state index contributed by atoms with van der Waals surface area (Å²) >= 11 is 18.6. The molecule has 0 aromatic heterocycles. The van der Waals surface area contributed by atoms with Crippen molar-refractivity contribution in [2.24, 2.45) is 23.7 Å². The Morgan fingerprint density at radius 1 is 0.333 bits per heavy atom. The zero-order valence-electron chi connectivity index (χ0n) is 55.9. The molecule has 0 atom stereocenters. The van der Waals surface area contributed by atoms with Gasteiger partial charge in [-0.2, -0.15) is 0 Å². The van der Waals surface area contributed by atoms with Crippen molar-refractivity contribution in [2.75, 3.05) is 52.0 Å². The minimum Gasteiger partial charge on any atom is -0.436 e. The summed E-state index contributed by atoms with van der Waals surface area (Å²) < 4.78 is 47.3. The molecule has 0 spiro atoms. The minimum absolute atomic E-state index is 0. The van der Waals surface area contributed by atoms with Gasteiger partial charge in [-0.3, -0.25) is 0 Å². The number of hydrogen-bond acceptors (Lipinski definition) is 8. The molecule has 0 radical (unpaired) electrons. The van der Waals surface area contributed by atoms with Crippen molar-refractivity contribution in [3.8, 4) is 0 Å². The average molecular weight is 1480 g/mol. The molecule has 1 aliphatic heterocycles. The van der Waals surface area contributed by atoms with Gasteiger partial charge in [0.15, 0.2) is 33.3 Å². The topological polar surface area (TPSA) is 73.8 Å². The predicted molar refractivity (Wildman–Crippen MR) is 363 cm³/mol. The fourth-order valence-corrected chi connectivity index (χ4v) is 40.4. The predicted octanol–water partition coefficient (Wildman–Crippen LogP) is 21.5. The van der Waals surface area contributed by atoms with Crippen molar-refractivity contribution in [1.29, 1.82) is 0 Å². The molecule has 0 N–H and O–H groups in total. The summed E-state index contributed by atoms with van der Waals surface area (Å²) in [6, 6.07) is 5.37. The van der Waals surface area contributed by atoms with Gasteiger partial charge in [0.1, 0.15) is 0 Å². The Balaban J connectivity index is -0.000000204. The van der Waals surface area contributed by atoms with Crippen LogP contribution >= 0.6 is 46.4 Å². The Morgan fingerprint density at radius 3 is 0.718 bits per heavy atom. The van der Waals surface area contributed by atoms with Gasteiger partial charge < -0.3 is 34.2 Å². The molecule has 0 aromatic carbocycles. The number of hydrogen-bond donors (Lipinski definition) is 0. The largest absolute Gasteiger partial charge is 0.436 e. The minimum atomic E-state index is -2.09. The maximum Gasteiger partial charge on any atom is 0.322 e. The Morgan fingerprint density at radius 2 is 0.538 bits per heavy atom. The summed E-state index contributed by atoms with van der Waals surface area (Å²) in [4.78, 5) is 0. The zero-order chi connectivity index (χ0) is 59.8. The van der Waals surface area contributed by atoms with E-state index in [2.05, 4.69) is 172 Å². The molecule has 5 fully saturated rings. The second kappa shape index (κ2) is 52.1. The van der Waals surface area contributed by atoms with Crippen LogP contribution in [0.5, 0.6) is 0 Å². The first-order valence-corrected chi connectivity index (χ1v) is 57.0. The third-order valence-corrected chi connectivity index (χ3v) is 40.8. The second-order valence-electron chi connectivity index (χ2n) is 25.5. The molecule has 8 nitrogen and oxygen atoms in total. The Bertz CT molecular complexity index is 1210. The number of alkyl halides is 4. The maximum atomic E-state index is 6.58. The van der Waals surface area contributed by atoms with Gasteiger partial charge in [-0.1, -0.05) is 128 Å². The summed E-state index contributed by atoms with van der Waals surface area (Å²) in [5.41, 5.74) is 0. The molecule has 0 amide bonds. The molecule has 5 aliphatic rings. The van der Waals surface area contributed by atoms with Crippen LogP contribution in [0.3, 0.4) is 0 Å². The van der Waals surface area contributed by atoms with Crippen LogP contribution < -0.4 is 0 Å². The van der Waals surface area contributed by atoms with Crippen LogP contribution in [0.1, 0.15) is 156 Å². The van der Waals surface area contributed by atoms with Gasteiger partial charge in [0, 0.05) is 104 Å². The first-order chi connectivity index (χ1) is 35.4. The Hall–Kier alpha value is 4.34. The van der Waals surface area contributed by atoms with Crippen LogP contribution in [0.15, 0.2) is 0 Å². The molecular formula is C56H132Cl4O8Si8Zr2. The molecule has 0 unspecified atom stereocenters. The van der Waals surface area contributed by atoms with Crippen molar-refractivity contribution in [2.45, 2.75) is 285 Å². The van der Waals surface area contributed by atoms with Crippen LogP contribution in [-0.2, 0) is 86.6 Å². The number of halogens is 4. The average Bonchev–Trinajstić information content (AvgIpc) is 4.19. The van der Waals surface area contributed by atoms with Gasteiger partial charge in [-0.25, -0.2) is 0 Å². The van der Waals surface area contributed by atoms with E-state index in [1.807, 2.05) is 6.92 Å². The van der Waals surface area contributed by atoms with Crippen molar-refractivity contribution < 1.29 is 86.6 Å². The standard InChI is InChI=1S/C15H36O3Si3.3C11H24OSi.C4H12O2Si2.4CH3Cl.2Zr/c1-8-16-20(4,5)18-21(6,7)17-19(2,3)14-13-15-11-9-10-12-15;3*1-4-12-13(2,3)10-9-11-7-5-6-8-11;1-7(2)5-8(3,4)6-7;4*1-2;;/h15H,8-14H2,1-7H3;3*11H,4-10H2,1-3H3;1-4H3;4*1H3;;. The molecule has 4 aliphatic carbocycles. The van der Waals surface area contributed by atoms with Crippen LogP contribution in [-0.4, -0.2) is 119 Å². The second-order valence-corrected chi connectivity index (χ2v) is 57.2. The van der Waals surface area contributed by atoms with Gasteiger partial charge >= 0.3 is 34.2 Å². The van der Waals surface area contributed by atoms with Crippen LogP contribution in [0, 0.1) is 23.7 Å². The quantitative estimate of drug-likeness (QED) is 0.0699. The summed E-state index contributed by atoms with van der Waals surface area (Å²) in [7, 11) is -12.6. The molecule has 22 heteroatoms. The maximum absolute atomic E-state index is 6.58. The molecule has 1 saturated heterocycles. The van der Waals surface area contributed by atoms with Crippen LogP contribution in [0.4, 0.5) is 0 Å². The molecule has 0 aromatic rings. The molecule has 472 valence electrons. The normalized spacial score (nSPS) is 18.3. The number of rotatable bonds is 24. The van der Waals surface area contributed by atoms with Gasteiger partial charge in [-0.15, -0.1) is 46.4 Å². The van der Waals surface area contributed by atoms with E-state index in [0.29, 0.717) is 0 Å². The van der Waals surface area contributed by atoms with E-state index >= 15 is 0 Å². The fourth-order valence-electron chi connectivity index (χ4n) is 11.7. The van der Waals surface area contributed by atoms with Gasteiger partial charge in [0.2, 0.25) is 0 Å². The van der Waals surface area contributed by atoms with Crippen LogP contribution in [0.25, 0.3) is 0 Å². The zero-order valence-corrected chi connectivity index (χ0v) is 71.8. The van der Waals surface area contributed by atoms with E-state index in [1.54, 1.807) is 0 Å². The third-order valence-electron chi connectivity index (χ3n) is 14.6. The van der Waals surface area contributed by atoms with Crippen molar-refractivity contribution in [1.82, 2.24) is 0 Å².